The number of nitrogens with one attached hydrogen (secondary N) is 1. The number of unbranched alkanes of at least 4 members (excludes halogenated alkanes) is 2. The molecule has 0 unspecified atom stereocenters. The van der Waals surface area contributed by atoms with Gasteiger partial charge in [0.1, 0.15) is 0 Å². The molecular formula is C14H26N2O. The number of rotatable bonds is 10. The molecule has 0 spiro atoms. The lowest BCUT2D eigenvalue weighted by Gasteiger charge is -2.09. The Morgan fingerprint density at radius 2 is 2.18 bits per heavy atom. The monoisotopic (exact) mass is 238 g/mol. The Balaban J connectivity index is 2.07. The number of ether oxygens (including phenoxy) is 1. The maximum atomic E-state index is 5.03. The zero-order valence-electron chi connectivity index (χ0n) is 11.2. The molecule has 0 aliphatic carbocycles. The lowest BCUT2D eigenvalue weighted by Crippen LogP contribution is -2.17. The highest BCUT2D eigenvalue weighted by molar-refractivity contribution is 5.06. The third-order valence-electron chi connectivity index (χ3n) is 2.90. The average Bonchev–Trinajstić information content (AvgIpc) is 2.76. The molecular weight excluding hydrogens is 212 g/mol. The molecule has 0 amide bonds. The van der Waals surface area contributed by atoms with Gasteiger partial charge in [-0.15, -0.1) is 0 Å². The average molecular weight is 238 g/mol. The maximum absolute atomic E-state index is 5.03. The zero-order valence-corrected chi connectivity index (χ0v) is 11.2. The second-order valence-corrected chi connectivity index (χ2v) is 4.42. The minimum absolute atomic E-state index is 0.888. The highest BCUT2D eigenvalue weighted by Crippen LogP contribution is 2.03. The van der Waals surface area contributed by atoms with Crippen LogP contribution in [0.5, 0.6) is 0 Å². The molecule has 0 aromatic carbocycles. The van der Waals surface area contributed by atoms with Gasteiger partial charge in [-0.25, -0.2) is 0 Å². The fourth-order valence-corrected chi connectivity index (χ4v) is 1.96. The second kappa shape index (κ2) is 9.25. The van der Waals surface area contributed by atoms with E-state index in [2.05, 4.69) is 35.1 Å². The second-order valence-electron chi connectivity index (χ2n) is 4.42. The molecule has 1 aromatic rings. The normalized spacial score (nSPS) is 10.9. The van der Waals surface area contributed by atoms with E-state index >= 15 is 0 Å². The maximum Gasteiger partial charge on any atom is 0.0462 e. The molecule has 1 heterocycles. The van der Waals surface area contributed by atoms with Gasteiger partial charge in [-0.3, -0.25) is 0 Å². The predicted octanol–water partition coefficient (Wildman–Crippen LogP) is 2.80. The Morgan fingerprint density at radius 3 is 2.94 bits per heavy atom. The fourth-order valence-electron chi connectivity index (χ4n) is 1.96. The van der Waals surface area contributed by atoms with Crippen LogP contribution in [0.15, 0.2) is 18.3 Å². The molecule has 0 bridgehead atoms. The van der Waals surface area contributed by atoms with Crippen molar-refractivity contribution in [3.8, 4) is 0 Å². The number of nitrogens with zero attached hydrogens (tertiary/aromatic N) is 1. The summed E-state index contributed by atoms with van der Waals surface area (Å²) in [5.41, 5.74) is 1.39. The van der Waals surface area contributed by atoms with Crippen LogP contribution < -0.4 is 5.32 Å². The molecule has 0 radical (unpaired) electrons. The number of aromatic nitrogens is 1. The molecule has 1 rings (SSSR count). The summed E-state index contributed by atoms with van der Waals surface area (Å²) in [5.74, 6) is 0. The van der Waals surface area contributed by atoms with Gasteiger partial charge in [0, 0.05) is 38.7 Å². The van der Waals surface area contributed by atoms with E-state index in [0.29, 0.717) is 0 Å². The molecule has 1 aromatic heterocycles. The Bertz CT molecular complexity index is 284. The molecule has 0 saturated heterocycles. The molecule has 0 aliphatic heterocycles. The summed E-state index contributed by atoms with van der Waals surface area (Å²) in [7, 11) is 1.76. The van der Waals surface area contributed by atoms with Crippen LogP contribution in [-0.4, -0.2) is 24.8 Å². The lowest BCUT2D eigenvalue weighted by molar-refractivity contribution is 0.192. The van der Waals surface area contributed by atoms with Crippen LogP contribution in [0.3, 0.4) is 0 Å². The number of hydrogen-bond donors (Lipinski definition) is 1. The third kappa shape index (κ3) is 5.89. The SMILES string of the molecule is CCCn1cccc1CNCCCCCOC. The number of aryl methyl sites for hydroxylation is 1. The first-order valence-electron chi connectivity index (χ1n) is 6.72. The largest absolute Gasteiger partial charge is 0.385 e. The van der Waals surface area contributed by atoms with Crippen molar-refractivity contribution in [2.75, 3.05) is 20.3 Å². The van der Waals surface area contributed by atoms with Gasteiger partial charge in [-0.05, 0) is 44.4 Å². The van der Waals surface area contributed by atoms with Gasteiger partial charge in [0.15, 0.2) is 0 Å². The van der Waals surface area contributed by atoms with Crippen molar-refractivity contribution >= 4 is 0 Å². The van der Waals surface area contributed by atoms with Crippen molar-refractivity contribution in [3.63, 3.8) is 0 Å². The van der Waals surface area contributed by atoms with Crippen molar-refractivity contribution < 1.29 is 4.74 Å². The van der Waals surface area contributed by atoms with E-state index in [9.17, 15) is 0 Å². The van der Waals surface area contributed by atoms with Crippen LogP contribution in [-0.2, 0) is 17.8 Å². The molecule has 0 aliphatic rings. The van der Waals surface area contributed by atoms with E-state index in [1.165, 1.54) is 31.4 Å². The standard InChI is InChI=1S/C14H26N2O/c1-3-10-16-11-7-8-14(16)13-15-9-5-4-6-12-17-2/h7-8,11,15H,3-6,9-10,12-13H2,1-2H3. The van der Waals surface area contributed by atoms with E-state index < -0.39 is 0 Å². The zero-order chi connectivity index (χ0) is 12.3. The van der Waals surface area contributed by atoms with Crippen LogP contribution >= 0.6 is 0 Å². The first-order chi connectivity index (χ1) is 8.38. The predicted molar refractivity (Wildman–Crippen MR) is 72.2 cm³/mol. The Labute approximate surface area is 105 Å². The lowest BCUT2D eigenvalue weighted by atomic mass is 10.2. The molecule has 0 saturated carbocycles. The van der Waals surface area contributed by atoms with Crippen molar-refractivity contribution in [1.29, 1.82) is 0 Å². The fraction of sp³-hybridized carbons (Fsp3) is 0.714. The van der Waals surface area contributed by atoms with Gasteiger partial charge in [0.25, 0.3) is 0 Å². The minimum Gasteiger partial charge on any atom is -0.385 e. The smallest absolute Gasteiger partial charge is 0.0462 e. The summed E-state index contributed by atoms with van der Waals surface area (Å²) in [6.07, 6.45) is 7.01. The molecule has 1 N–H and O–H groups in total. The topological polar surface area (TPSA) is 26.2 Å². The Morgan fingerprint density at radius 1 is 1.29 bits per heavy atom. The molecule has 0 atom stereocenters. The van der Waals surface area contributed by atoms with Crippen LogP contribution in [0.2, 0.25) is 0 Å². The van der Waals surface area contributed by atoms with Crippen LogP contribution in [0, 0.1) is 0 Å². The first-order valence-corrected chi connectivity index (χ1v) is 6.72. The van der Waals surface area contributed by atoms with Gasteiger partial charge in [0.05, 0.1) is 0 Å². The first kappa shape index (κ1) is 14.3. The molecule has 17 heavy (non-hydrogen) atoms. The number of hydrogen-bond acceptors (Lipinski definition) is 2. The van der Waals surface area contributed by atoms with E-state index in [-0.39, 0.29) is 0 Å². The highest BCUT2D eigenvalue weighted by atomic mass is 16.5. The van der Waals surface area contributed by atoms with Gasteiger partial charge in [-0.2, -0.15) is 0 Å². The summed E-state index contributed by atoms with van der Waals surface area (Å²) in [6.45, 7) is 6.31. The summed E-state index contributed by atoms with van der Waals surface area (Å²) in [6, 6.07) is 4.33. The van der Waals surface area contributed by atoms with E-state index in [1.54, 1.807) is 7.11 Å². The van der Waals surface area contributed by atoms with Crippen molar-refractivity contribution in [1.82, 2.24) is 9.88 Å². The quantitative estimate of drug-likeness (QED) is 0.634. The summed E-state index contributed by atoms with van der Waals surface area (Å²) in [4.78, 5) is 0. The van der Waals surface area contributed by atoms with Crippen molar-refractivity contribution in [2.24, 2.45) is 0 Å². The molecule has 98 valence electrons. The van der Waals surface area contributed by atoms with Gasteiger partial charge in [0.2, 0.25) is 0 Å². The van der Waals surface area contributed by atoms with Crippen molar-refractivity contribution in [3.05, 3.63) is 24.0 Å². The Hall–Kier alpha value is -0.800. The van der Waals surface area contributed by atoms with E-state index in [1.807, 2.05) is 0 Å². The van der Waals surface area contributed by atoms with E-state index in [0.717, 1.165) is 26.2 Å². The molecule has 0 fully saturated rings. The van der Waals surface area contributed by atoms with Crippen LogP contribution in [0.1, 0.15) is 38.3 Å². The van der Waals surface area contributed by atoms with Crippen molar-refractivity contribution in [2.45, 2.75) is 45.7 Å². The van der Waals surface area contributed by atoms with Gasteiger partial charge >= 0.3 is 0 Å². The third-order valence-corrected chi connectivity index (χ3v) is 2.90. The Kier molecular flexibility index (Phi) is 7.76. The number of methoxy groups -OCH3 is 1. The van der Waals surface area contributed by atoms with Gasteiger partial charge < -0.3 is 14.6 Å². The van der Waals surface area contributed by atoms with E-state index in [4.69, 9.17) is 4.74 Å². The highest BCUT2D eigenvalue weighted by Gasteiger charge is 1.98. The van der Waals surface area contributed by atoms with Gasteiger partial charge in [-0.1, -0.05) is 6.92 Å². The molecule has 3 nitrogen and oxygen atoms in total. The molecule has 3 heteroatoms. The minimum atomic E-state index is 0.888. The summed E-state index contributed by atoms with van der Waals surface area (Å²) < 4.78 is 7.36. The van der Waals surface area contributed by atoms with Crippen LogP contribution in [0.25, 0.3) is 0 Å². The summed E-state index contributed by atoms with van der Waals surface area (Å²) >= 11 is 0. The van der Waals surface area contributed by atoms with Crippen LogP contribution in [0.4, 0.5) is 0 Å². The summed E-state index contributed by atoms with van der Waals surface area (Å²) in [5, 5.41) is 3.50.